The zero-order chi connectivity index (χ0) is 11.1. The predicted octanol–water partition coefficient (Wildman–Crippen LogP) is 2.21. The molecule has 5 nitrogen and oxygen atoms in total. The van der Waals surface area contributed by atoms with Gasteiger partial charge < -0.3 is 9.73 Å². The Labute approximate surface area is 108 Å². The fourth-order valence-corrected chi connectivity index (χ4v) is 2.08. The largest absolute Gasteiger partial charge is 0.446 e. The van der Waals surface area contributed by atoms with E-state index in [-0.39, 0.29) is 0 Å². The second-order valence-corrected chi connectivity index (χ2v) is 5.20. The molecule has 1 aliphatic rings. The summed E-state index contributed by atoms with van der Waals surface area (Å²) in [5.74, 6) is 0.706. The first-order valence-corrected chi connectivity index (χ1v) is 6.40. The molecule has 3 rings (SSSR count). The molecule has 2 aromatic rings. The van der Waals surface area contributed by atoms with Gasteiger partial charge in [-0.25, -0.2) is 4.68 Å². The maximum Gasteiger partial charge on any atom is 0.184 e. The van der Waals surface area contributed by atoms with Gasteiger partial charge in [0.1, 0.15) is 5.69 Å². The van der Waals surface area contributed by atoms with E-state index in [4.69, 9.17) is 4.42 Å². The minimum atomic E-state index is 0.420. The van der Waals surface area contributed by atoms with Gasteiger partial charge in [-0.2, -0.15) is 0 Å². The van der Waals surface area contributed by atoms with Crippen molar-refractivity contribution in [3.63, 3.8) is 0 Å². The molecule has 0 bridgehead atoms. The highest BCUT2D eigenvalue weighted by atomic mass is 79.9. The lowest BCUT2D eigenvalue weighted by Crippen LogP contribution is -2.43. The van der Waals surface area contributed by atoms with Gasteiger partial charge in [0, 0.05) is 19.2 Å². The van der Waals surface area contributed by atoms with Gasteiger partial charge in [0.25, 0.3) is 0 Å². The fraction of sp³-hybridized carbons (Fsp3) is 0.333. The molecule has 2 aromatic heterocycles. The summed E-state index contributed by atoms with van der Waals surface area (Å²) in [4.78, 5) is 0. The fourth-order valence-electron chi connectivity index (χ4n) is 1.50. The van der Waals surface area contributed by atoms with Crippen LogP contribution in [0.25, 0.3) is 11.5 Å². The molecule has 0 unspecified atom stereocenters. The number of nitrogens with one attached hydrogen (secondary N) is 1. The summed E-state index contributed by atoms with van der Waals surface area (Å²) in [5, 5.41) is 11.4. The molecule has 0 aromatic carbocycles. The molecule has 0 radical (unpaired) electrons. The van der Waals surface area contributed by atoms with Crippen LogP contribution in [0.5, 0.6) is 0 Å². The van der Waals surface area contributed by atoms with Gasteiger partial charge in [0.05, 0.1) is 16.7 Å². The van der Waals surface area contributed by atoms with E-state index in [1.807, 2.05) is 16.9 Å². The highest BCUT2D eigenvalue weighted by molar-refractivity contribution is 9.13. The number of rotatable bonds is 2. The van der Waals surface area contributed by atoms with Crippen molar-refractivity contribution < 1.29 is 4.42 Å². The molecule has 0 amide bonds. The molecule has 0 aliphatic carbocycles. The van der Waals surface area contributed by atoms with Crippen LogP contribution in [0.2, 0.25) is 0 Å². The van der Waals surface area contributed by atoms with Crippen molar-refractivity contribution in [2.24, 2.45) is 0 Å². The van der Waals surface area contributed by atoms with Crippen LogP contribution in [0.3, 0.4) is 0 Å². The van der Waals surface area contributed by atoms with E-state index >= 15 is 0 Å². The van der Waals surface area contributed by atoms with E-state index in [0.717, 1.165) is 23.3 Å². The highest BCUT2D eigenvalue weighted by Crippen LogP contribution is 2.31. The summed E-state index contributed by atoms with van der Waals surface area (Å²) >= 11 is 6.66. The second-order valence-electron chi connectivity index (χ2n) is 3.63. The van der Waals surface area contributed by atoms with Crippen LogP contribution in [0.4, 0.5) is 0 Å². The average molecular weight is 348 g/mol. The van der Waals surface area contributed by atoms with Gasteiger partial charge in [-0.3, -0.25) is 0 Å². The molecule has 1 aliphatic heterocycles. The van der Waals surface area contributed by atoms with Crippen LogP contribution in [0.15, 0.2) is 25.8 Å². The lowest BCUT2D eigenvalue weighted by atomic mass is 10.2. The average Bonchev–Trinajstić information content (AvgIpc) is 2.73. The number of aromatic nitrogens is 3. The van der Waals surface area contributed by atoms with Crippen molar-refractivity contribution in [3.8, 4) is 11.5 Å². The molecule has 1 fully saturated rings. The highest BCUT2D eigenvalue weighted by Gasteiger charge is 2.21. The minimum absolute atomic E-state index is 0.420. The van der Waals surface area contributed by atoms with E-state index in [9.17, 15) is 0 Å². The summed E-state index contributed by atoms with van der Waals surface area (Å²) in [6, 6.07) is 2.29. The van der Waals surface area contributed by atoms with Gasteiger partial charge in [0.15, 0.2) is 10.4 Å². The molecule has 84 valence electrons. The molecule has 0 saturated carbocycles. The summed E-state index contributed by atoms with van der Waals surface area (Å²) in [5.41, 5.74) is 0.748. The maximum absolute atomic E-state index is 5.48. The van der Waals surface area contributed by atoms with Crippen molar-refractivity contribution in [2.45, 2.75) is 6.04 Å². The van der Waals surface area contributed by atoms with Crippen LogP contribution >= 0.6 is 31.9 Å². The van der Waals surface area contributed by atoms with Crippen molar-refractivity contribution in [2.75, 3.05) is 13.1 Å². The summed E-state index contributed by atoms with van der Waals surface area (Å²) < 4.78 is 8.90. The van der Waals surface area contributed by atoms with Crippen LogP contribution in [0.1, 0.15) is 6.04 Å². The summed E-state index contributed by atoms with van der Waals surface area (Å²) in [6.45, 7) is 1.91. The number of hydrogen-bond donors (Lipinski definition) is 1. The SMILES string of the molecule is Brc1cc(-c2cn(C3CNC3)nn2)oc1Br. The van der Waals surface area contributed by atoms with Crippen molar-refractivity contribution in [1.29, 1.82) is 0 Å². The maximum atomic E-state index is 5.48. The van der Waals surface area contributed by atoms with E-state index in [1.165, 1.54) is 0 Å². The van der Waals surface area contributed by atoms with E-state index in [2.05, 4.69) is 47.5 Å². The van der Waals surface area contributed by atoms with Crippen LogP contribution < -0.4 is 5.32 Å². The summed E-state index contributed by atoms with van der Waals surface area (Å²) in [7, 11) is 0. The topological polar surface area (TPSA) is 55.9 Å². The third-order valence-electron chi connectivity index (χ3n) is 2.54. The zero-order valence-electron chi connectivity index (χ0n) is 8.15. The van der Waals surface area contributed by atoms with Crippen molar-refractivity contribution in [3.05, 3.63) is 21.4 Å². The first-order chi connectivity index (χ1) is 7.74. The Hall–Kier alpha value is -0.660. The van der Waals surface area contributed by atoms with Crippen molar-refractivity contribution >= 4 is 31.9 Å². The Morgan fingerprint density at radius 2 is 2.25 bits per heavy atom. The van der Waals surface area contributed by atoms with Crippen LogP contribution in [0, 0.1) is 0 Å². The van der Waals surface area contributed by atoms with E-state index in [1.54, 1.807) is 0 Å². The molecule has 16 heavy (non-hydrogen) atoms. The molecule has 0 spiro atoms. The molecule has 7 heteroatoms. The van der Waals surface area contributed by atoms with Gasteiger partial charge in [-0.15, -0.1) is 5.10 Å². The van der Waals surface area contributed by atoms with Gasteiger partial charge in [-0.05, 0) is 31.9 Å². The first-order valence-electron chi connectivity index (χ1n) is 4.82. The Bertz CT molecular complexity index is 498. The molecule has 0 atom stereocenters. The smallest absolute Gasteiger partial charge is 0.184 e. The Morgan fingerprint density at radius 1 is 1.44 bits per heavy atom. The van der Waals surface area contributed by atoms with Gasteiger partial charge >= 0.3 is 0 Å². The zero-order valence-corrected chi connectivity index (χ0v) is 11.3. The Kier molecular flexibility index (Phi) is 2.61. The molecule has 3 heterocycles. The number of hydrogen-bond acceptors (Lipinski definition) is 4. The molecule has 1 N–H and O–H groups in total. The molecular formula is C9H8Br2N4O. The lowest BCUT2D eigenvalue weighted by Gasteiger charge is -2.26. The Balaban J connectivity index is 1.91. The quantitative estimate of drug-likeness (QED) is 0.904. The minimum Gasteiger partial charge on any atom is -0.446 e. The first kappa shape index (κ1) is 10.5. The third-order valence-corrected chi connectivity index (χ3v) is 4.25. The monoisotopic (exact) mass is 346 g/mol. The molecule has 1 saturated heterocycles. The number of nitrogens with zero attached hydrogens (tertiary/aromatic N) is 3. The van der Waals surface area contributed by atoms with Gasteiger partial charge in [0.2, 0.25) is 0 Å². The standard InChI is InChI=1S/C9H8Br2N4O/c10-6-1-8(16-9(6)11)7-4-15(14-13-7)5-2-12-3-5/h1,4-5,12H,2-3H2. The van der Waals surface area contributed by atoms with E-state index < -0.39 is 0 Å². The molecular weight excluding hydrogens is 340 g/mol. The van der Waals surface area contributed by atoms with Gasteiger partial charge in [-0.1, -0.05) is 5.21 Å². The predicted molar refractivity (Wildman–Crippen MR) is 65.0 cm³/mol. The second kappa shape index (κ2) is 3.97. The van der Waals surface area contributed by atoms with Crippen LogP contribution in [-0.4, -0.2) is 28.1 Å². The lowest BCUT2D eigenvalue weighted by molar-refractivity contribution is 0.313. The Morgan fingerprint density at radius 3 is 2.81 bits per heavy atom. The van der Waals surface area contributed by atoms with E-state index in [0.29, 0.717) is 16.5 Å². The number of halogens is 2. The number of furan rings is 1. The normalized spacial score (nSPS) is 16.4. The van der Waals surface area contributed by atoms with Crippen molar-refractivity contribution in [1.82, 2.24) is 20.3 Å². The summed E-state index contributed by atoms with van der Waals surface area (Å²) in [6.07, 6.45) is 1.91. The van der Waals surface area contributed by atoms with Crippen LogP contribution in [-0.2, 0) is 0 Å². The third kappa shape index (κ3) is 1.72.